The molecular formula is C13H17BrO4. The van der Waals surface area contributed by atoms with E-state index in [1.165, 1.54) is 0 Å². The Morgan fingerprint density at radius 1 is 1.44 bits per heavy atom. The van der Waals surface area contributed by atoms with Gasteiger partial charge in [-0.05, 0) is 40.0 Å². The first-order chi connectivity index (χ1) is 8.69. The van der Waals surface area contributed by atoms with Crippen LogP contribution in [0.25, 0.3) is 0 Å². The van der Waals surface area contributed by atoms with E-state index in [0.29, 0.717) is 26.1 Å². The van der Waals surface area contributed by atoms with Gasteiger partial charge in [-0.15, -0.1) is 0 Å². The monoisotopic (exact) mass is 316 g/mol. The molecule has 0 bridgehead atoms. The quantitative estimate of drug-likeness (QED) is 0.904. The van der Waals surface area contributed by atoms with Crippen LogP contribution in [0, 0.1) is 0 Å². The number of hydrogen-bond donors (Lipinski definition) is 1. The molecule has 0 radical (unpaired) electrons. The largest absolute Gasteiger partial charge is 0.496 e. The molecule has 1 aliphatic heterocycles. The van der Waals surface area contributed by atoms with Crippen molar-refractivity contribution < 1.29 is 19.3 Å². The van der Waals surface area contributed by atoms with Gasteiger partial charge >= 0.3 is 0 Å². The van der Waals surface area contributed by atoms with Gasteiger partial charge in [-0.1, -0.05) is 6.07 Å². The predicted molar refractivity (Wildman–Crippen MR) is 70.7 cm³/mol. The van der Waals surface area contributed by atoms with Crippen LogP contribution < -0.4 is 4.74 Å². The molecule has 1 unspecified atom stereocenters. The summed E-state index contributed by atoms with van der Waals surface area (Å²) in [5.74, 6) is 0.788. The van der Waals surface area contributed by atoms with E-state index in [4.69, 9.17) is 14.2 Å². The van der Waals surface area contributed by atoms with E-state index in [9.17, 15) is 5.11 Å². The van der Waals surface area contributed by atoms with Gasteiger partial charge in [0.25, 0.3) is 0 Å². The van der Waals surface area contributed by atoms with Crippen molar-refractivity contribution in [2.24, 2.45) is 0 Å². The molecule has 1 heterocycles. The molecule has 1 saturated heterocycles. The number of ether oxygens (including phenoxy) is 3. The molecule has 4 nitrogen and oxygen atoms in total. The van der Waals surface area contributed by atoms with Crippen molar-refractivity contribution in [3.05, 3.63) is 28.2 Å². The van der Waals surface area contributed by atoms with Crippen molar-refractivity contribution in [2.75, 3.05) is 20.3 Å². The Bertz CT molecular complexity index is 391. The molecule has 0 saturated carbocycles. The maximum absolute atomic E-state index is 9.97. The van der Waals surface area contributed by atoms with Crippen molar-refractivity contribution in [1.29, 1.82) is 0 Å². The van der Waals surface area contributed by atoms with Gasteiger partial charge in [0.2, 0.25) is 0 Å². The van der Waals surface area contributed by atoms with Crippen LogP contribution in [0.3, 0.4) is 0 Å². The standard InChI is InChI=1S/C13H17BrO4/c1-16-12-3-2-9(7-11(12)14)6-10(15)8-13-17-4-5-18-13/h2-3,7,10,13,15H,4-6,8H2,1H3. The Balaban J connectivity index is 1.89. The molecule has 1 aromatic rings. The number of aliphatic hydroxyl groups is 1. The van der Waals surface area contributed by atoms with Crippen molar-refractivity contribution in [3.63, 3.8) is 0 Å². The smallest absolute Gasteiger partial charge is 0.160 e. The van der Waals surface area contributed by atoms with Crippen LogP contribution in [0.2, 0.25) is 0 Å². The minimum absolute atomic E-state index is 0.262. The molecule has 0 aromatic heterocycles. The summed E-state index contributed by atoms with van der Waals surface area (Å²) in [7, 11) is 1.63. The molecule has 1 aromatic carbocycles. The van der Waals surface area contributed by atoms with E-state index in [1.807, 2.05) is 18.2 Å². The van der Waals surface area contributed by atoms with Gasteiger partial charge < -0.3 is 19.3 Å². The average Bonchev–Trinajstić information content (AvgIpc) is 2.82. The first kappa shape index (κ1) is 13.8. The molecule has 1 fully saturated rings. The third-order valence-electron chi connectivity index (χ3n) is 2.84. The second-order valence-corrected chi connectivity index (χ2v) is 5.09. The zero-order chi connectivity index (χ0) is 13.0. The lowest BCUT2D eigenvalue weighted by atomic mass is 10.1. The van der Waals surface area contributed by atoms with E-state index in [0.717, 1.165) is 15.8 Å². The maximum Gasteiger partial charge on any atom is 0.160 e. The Labute approximate surface area is 115 Å². The van der Waals surface area contributed by atoms with Crippen molar-refractivity contribution in [3.8, 4) is 5.75 Å². The first-order valence-corrected chi connectivity index (χ1v) is 6.72. The molecule has 2 rings (SSSR count). The van der Waals surface area contributed by atoms with E-state index in [-0.39, 0.29) is 6.29 Å². The Morgan fingerprint density at radius 2 is 2.17 bits per heavy atom. The summed E-state index contributed by atoms with van der Waals surface area (Å²) in [6.07, 6.45) is 0.352. The topological polar surface area (TPSA) is 47.9 Å². The molecular weight excluding hydrogens is 300 g/mol. The van der Waals surface area contributed by atoms with Crippen LogP contribution in [0.5, 0.6) is 5.75 Å². The molecule has 18 heavy (non-hydrogen) atoms. The number of aliphatic hydroxyl groups excluding tert-OH is 1. The second kappa shape index (κ2) is 6.52. The Kier molecular flexibility index (Phi) is 5.00. The average molecular weight is 317 g/mol. The fourth-order valence-corrected chi connectivity index (χ4v) is 2.55. The summed E-state index contributed by atoms with van der Waals surface area (Å²) in [4.78, 5) is 0. The summed E-state index contributed by atoms with van der Waals surface area (Å²) >= 11 is 3.43. The van der Waals surface area contributed by atoms with Crippen molar-refractivity contribution >= 4 is 15.9 Å². The predicted octanol–water partition coefficient (Wildman–Crippen LogP) is 2.12. The number of rotatable bonds is 5. The molecule has 1 N–H and O–H groups in total. The van der Waals surface area contributed by atoms with Gasteiger partial charge in [-0.25, -0.2) is 0 Å². The highest BCUT2D eigenvalue weighted by molar-refractivity contribution is 9.10. The van der Waals surface area contributed by atoms with Gasteiger partial charge in [0.15, 0.2) is 6.29 Å². The SMILES string of the molecule is COc1ccc(CC(O)CC2OCCO2)cc1Br. The highest BCUT2D eigenvalue weighted by Gasteiger charge is 2.20. The Hall–Kier alpha value is -0.620. The van der Waals surface area contributed by atoms with E-state index in [1.54, 1.807) is 7.11 Å². The molecule has 100 valence electrons. The third-order valence-corrected chi connectivity index (χ3v) is 3.46. The van der Waals surface area contributed by atoms with Gasteiger partial charge in [-0.3, -0.25) is 0 Å². The molecule has 0 spiro atoms. The van der Waals surface area contributed by atoms with Crippen molar-refractivity contribution in [2.45, 2.75) is 25.2 Å². The Morgan fingerprint density at radius 3 is 2.78 bits per heavy atom. The minimum atomic E-state index is -0.464. The van der Waals surface area contributed by atoms with E-state index < -0.39 is 6.10 Å². The minimum Gasteiger partial charge on any atom is -0.496 e. The number of hydrogen-bond acceptors (Lipinski definition) is 4. The van der Waals surface area contributed by atoms with Crippen LogP contribution in [0.1, 0.15) is 12.0 Å². The van der Waals surface area contributed by atoms with Crippen LogP contribution in [-0.4, -0.2) is 37.8 Å². The third kappa shape index (κ3) is 3.68. The summed E-state index contributed by atoms with van der Waals surface area (Å²) in [6.45, 7) is 1.23. The summed E-state index contributed by atoms with van der Waals surface area (Å²) in [6, 6.07) is 5.79. The van der Waals surface area contributed by atoms with E-state index >= 15 is 0 Å². The lowest BCUT2D eigenvalue weighted by molar-refractivity contribution is -0.0698. The lowest BCUT2D eigenvalue weighted by Crippen LogP contribution is -2.20. The van der Waals surface area contributed by atoms with Crippen LogP contribution in [0.4, 0.5) is 0 Å². The maximum atomic E-state index is 9.97. The van der Waals surface area contributed by atoms with Gasteiger partial charge in [0, 0.05) is 6.42 Å². The molecule has 0 amide bonds. The van der Waals surface area contributed by atoms with Gasteiger partial charge in [0.1, 0.15) is 5.75 Å². The first-order valence-electron chi connectivity index (χ1n) is 5.92. The van der Waals surface area contributed by atoms with Crippen LogP contribution >= 0.6 is 15.9 Å². The molecule has 0 aliphatic carbocycles. The summed E-state index contributed by atoms with van der Waals surface area (Å²) in [5.41, 5.74) is 1.05. The fourth-order valence-electron chi connectivity index (χ4n) is 1.96. The lowest BCUT2D eigenvalue weighted by Gasteiger charge is -2.15. The van der Waals surface area contributed by atoms with Gasteiger partial charge in [-0.2, -0.15) is 0 Å². The molecule has 5 heteroatoms. The number of halogens is 1. The summed E-state index contributed by atoms with van der Waals surface area (Å²) in [5, 5.41) is 9.97. The van der Waals surface area contributed by atoms with Crippen LogP contribution in [0.15, 0.2) is 22.7 Å². The number of methoxy groups -OCH3 is 1. The van der Waals surface area contributed by atoms with E-state index in [2.05, 4.69) is 15.9 Å². The van der Waals surface area contributed by atoms with Crippen LogP contribution in [-0.2, 0) is 15.9 Å². The fraction of sp³-hybridized carbons (Fsp3) is 0.538. The van der Waals surface area contributed by atoms with Gasteiger partial charge in [0.05, 0.1) is 30.9 Å². The number of benzene rings is 1. The van der Waals surface area contributed by atoms with Crippen molar-refractivity contribution in [1.82, 2.24) is 0 Å². The molecule has 1 aliphatic rings. The second-order valence-electron chi connectivity index (χ2n) is 4.23. The zero-order valence-electron chi connectivity index (χ0n) is 10.3. The highest BCUT2D eigenvalue weighted by Crippen LogP contribution is 2.26. The normalized spacial score (nSPS) is 17.9. The zero-order valence-corrected chi connectivity index (χ0v) is 11.9. The summed E-state index contributed by atoms with van der Waals surface area (Å²) < 4.78 is 16.7. The molecule has 1 atom stereocenters. The highest BCUT2D eigenvalue weighted by atomic mass is 79.9.